The molecule has 0 aliphatic heterocycles. The summed E-state index contributed by atoms with van der Waals surface area (Å²) in [5.41, 5.74) is 0.984. The molecule has 10 heteroatoms. The molecule has 0 radical (unpaired) electrons. The van der Waals surface area contributed by atoms with Crippen molar-refractivity contribution in [3.05, 3.63) is 77.2 Å². The van der Waals surface area contributed by atoms with Crippen LogP contribution in [0.15, 0.2) is 70.2 Å². The van der Waals surface area contributed by atoms with Gasteiger partial charge in [0.05, 0.1) is 21.9 Å². The number of hydrogen-bond donors (Lipinski definition) is 3. The third kappa shape index (κ3) is 5.44. The average molecular weight is 462 g/mol. The first-order chi connectivity index (χ1) is 14.7. The topological polar surface area (TPSA) is 118 Å². The zero-order valence-electron chi connectivity index (χ0n) is 16.7. The molecule has 31 heavy (non-hydrogen) atoms. The first-order valence-corrected chi connectivity index (χ1v) is 11.1. The van der Waals surface area contributed by atoms with Crippen LogP contribution in [0.5, 0.6) is 0 Å². The maximum Gasteiger partial charge on any atom is 0.287 e. The Morgan fingerprint density at radius 1 is 1.06 bits per heavy atom. The molecular weight excluding hydrogens is 442 g/mol. The number of furan rings is 1. The molecule has 0 spiro atoms. The Hall–Kier alpha value is -3.30. The zero-order chi connectivity index (χ0) is 22.6. The minimum Gasteiger partial charge on any atom is -0.459 e. The van der Waals surface area contributed by atoms with Crippen molar-refractivity contribution >= 4 is 44.8 Å². The first kappa shape index (κ1) is 22.4. The van der Waals surface area contributed by atoms with E-state index in [1.165, 1.54) is 25.3 Å². The fourth-order valence-electron chi connectivity index (χ4n) is 2.70. The number of rotatable bonds is 7. The highest BCUT2D eigenvalue weighted by atomic mass is 35.5. The van der Waals surface area contributed by atoms with Crippen molar-refractivity contribution in [2.45, 2.75) is 24.8 Å². The number of benzene rings is 2. The molecule has 0 aliphatic carbocycles. The van der Waals surface area contributed by atoms with Crippen molar-refractivity contribution in [2.24, 2.45) is 0 Å². The molecule has 8 nitrogen and oxygen atoms in total. The van der Waals surface area contributed by atoms with Crippen molar-refractivity contribution in [2.75, 3.05) is 10.0 Å². The molecule has 1 heterocycles. The van der Waals surface area contributed by atoms with Crippen molar-refractivity contribution in [3.63, 3.8) is 0 Å². The van der Waals surface area contributed by atoms with Gasteiger partial charge in [0.15, 0.2) is 5.76 Å². The second-order valence-corrected chi connectivity index (χ2v) is 8.79. The molecular formula is C21H20ClN3O5S. The van der Waals surface area contributed by atoms with E-state index in [4.69, 9.17) is 16.0 Å². The summed E-state index contributed by atoms with van der Waals surface area (Å²) in [6.07, 6.45) is 1.35. The van der Waals surface area contributed by atoms with Gasteiger partial charge < -0.3 is 15.1 Å². The molecule has 3 aromatic rings. The van der Waals surface area contributed by atoms with E-state index in [9.17, 15) is 18.0 Å². The summed E-state index contributed by atoms with van der Waals surface area (Å²) in [5.74, 6) is -0.982. The van der Waals surface area contributed by atoms with E-state index >= 15 is 0 Å². The largest absolute Gasteiger partial charge is 0.459 e. The second-order valence-electron chi connectivity index (χ2n) is 6.73. The molecule has 2 amide bonds. The Labute approximate surface area is 184 Å². The first-order valence-electron chi connectivity index (χ1n) is 9.20. The monoisotopic (exact) mass is 461 g/mol. The molecule has 1 aromatic heterocycles. The van der Waals surface area contributed by atoms with Gasteiger partial charge in [-0.1, -0.05) is 29.8 Å². The molecule has 0 bridgehead atoms. The average Bonchev–Trinajstić information content (AvgIpc) is 3.26. The maximum atomic E-state index is 12.9. The number of nitrogens with one attached hydrogen (secondary N) is 3. The fourth-order valence-corrected chi connectivity index (χ4v) is 4.29. The summed E-state index contributed by atoms with van der Waals surface area (Å²) in [5, 5.41) is 5.37. The maximum absolute atomic E-state index is 12.9. The Morgan fingerprint density at radius 3 is 2.48 bits per heavy atom. The lowest BCUT2D eigenvalue weighted by molar-refractivity contribution is -0.117. The smallest absolute Gasteiger partial charge is 0.287 e. The number of hydrogen-bond acceptors (Lipinski definition) is 5. The predicted octanol–water partition coefficient (Wildman–Crippen LogP) is 3.80. The van der Waals surface area contributed by atoms with Crippen LogP contribution in [0.1, 0.15) is 23.0 Å². The number of carbonyl (C=O) groups is 2. The number of halogens is 1. The Kier molecular flexibility index (Phi) is 6.67. The van der Waals surface area contributed by atoms with E-state index in [0.717, 1.165) is 0 Å². The summed E-state index contributed by atoms with van der Waals surface area (Å²) in [7, 11) is -3.96. The van der Waals surface area contributed by atoms with Gasteiger partial charge in [0.1, 0.15) is 6.04 Å². The number of aryl methyl sites for hydroxylation is 1. The molecule has 3 rings (SSSR count). The third-order valence-corrected chi connectivity index (χ3v) is 6.19. The Morgan fingerprint density at radius 2 is 1.81 bits per heavy atom. The lowest BCUT2D eigenvalue weighted by Crippen LogP contribution is -2.41. The highest BCUT2D eigenvalue weighted by Gasteiger charge is 2.21. The van der Waals surface area contributed by atoms with Crippen LogP contribution >= 0.6 is 11.6 Å². The van der Waals surface area contributed by atoms with Crippen molar-refractivity contribution in [1.82, 2.24) is 5.32 Å². The van der Waals surface area contributed by atoms with Gasteiger partial charge in [-0.05, 0) is 55.8 Å². The van der Waals surface area contributed by atoms with E-state index < -0.39 is 27.9 Å². The number of amides is 2. The molecule has 2 aromatic carbocycles. The standard InChI is InChI=1S/C21H20ClN3O5S/c1-13-9-10-15(24-20(26)14(2)23-21(27)18-8-5-11-30-18)12-19(13)31(28,29)25-17-7-4-3-6-16(17)22/h3-12,14,25H,1-2H3,(H,23,27)(H,24,26). The summed E-state index contributed by atoms with van der Waals surface area (Å²) in [4.78, 5) is 24.5. The molecule has 3 N–H and O–H groups in total. The van der Waals surface area contributed by atoms with Crippen LogP contribution in [-0.4, -0.2) is 26.3 Å². The lowest BCUT2D eigenvalue weighted by atomic mass is 10.2. The molecule has 162 valence electrons. The van der Waals surface area contributed by atoms with Crippen molar-refractivity contribution in [1.29, 1.82) is 0 Å². The number of anilines is 2. The van der Waals surface area contributed by atoms with Gasteiger partial charge in [0.2, 0.25) is 5.91 Å². The van der Waals surface area contributed by atoms with E-state index in [2.05, 4.69) is 15.4 Å². The molecule has 1 unspecified atom stereocenters. The summed E-state index contributed by atoms with van der Waals surface area (Å²) in [6.45, 7) is 3.14. The van der Waals surface area contributed by atoms with Crippen molar-refractivity contribution < 1.29 is 22.4 Å². The van der Waals surface area contributed by atoms with E-state index in [-0.39, 0.29) is 27.1 Å². The van der Waals surface area contributed by atoms with Gasteiger partial charge in [-0.2, -0.15) is 0 Å². The second kappa shape index (κ2) is 9.23. The lowest BCUT2D eigenvalue weighted by Gasteiger charge is -2.16. The number of sulfonamides is 1. The van der Waals surface area contributed by atoms with Crippen LogP contribution in [0.25, 0.3) is 0 Å². The molecule has 1 atom stereocenters. The minimum absolute atomic E-state index is 0.0162. The van der Waals surface area contributed by atoms with E-state index in [1.54, 1.807) is 49.4 Å². The SMILES string of the molecule is Cc1ccc(NC(=O)C(C)NC(=O)c2ccco2)cc1S(=O)(=O)Nc1ccccc1Cl. The fraction of sp³-hybridized carbons (Fsp3) is 0.143. The highest BCUT2D eigenvalue weighted by Crippen LogP contribution is 2.26. The van der Waals surface area contributed by atoms with Gasteiger partial charge in [0.25, 0.3) is 15.9 Å². The summed E-state index contributed by atoms with van der Waals surface area (Å²) < 4.78 is 33.2. The third-order valence-electron chi connectivity index (χ3n) is 4.35. The number of para-hydroxylation sites is 1. The van der Waals surface area contributed by atoms with E-state index in [0.29, 0.717) is 5.56 Å². The van der Waals surface area contributed by atoms with E-state index in [1.807, 2.05) is 0 Å². The van der Waals surface area contributed by atoms with Crippen LogP contribution in [0.2, 0.25) is 5.02 Å². The van der Waals surface area contributed by atoms with Gasteiger partial charge in [0, 0.05) is 5.69 Å². The van der Waals surface area contributed by atoms with Gasteiger partial charge >= 0.3 is 0 Å². The summed E-state index contributed by atoms with van der Waals surface area (Å²) in [6, 6.07) is 13.1. The molecule has 0 saturated carbocycles. The van der Waals surface area contributed by atoms with Crippen molar-refractivity contribution in [3.8, 4) is 0 Å². The Balaban J connectivity index is 1.75. The normalized spacial score (nSPS) is 12.1. The molecule has 0 saturated heterocycles. The quantitative estimate of drug-likeness (QED) is 0.494. The van der Waals surface area contributed by atoms with Crippen LogP contribution in [-0.2, 0) is 14.8 Å². The van der Waals surface area contributed by atoms with Gasteiger partial charge in [-0.25, -0.2) is 8.42 Å². The Bertz CT molecular complexity index is 1210. The minimum atomic E-state index is -3.96. The number of carbonyl (C=O) groups excluding carboxylic acids is 2. The van der Waals surface area contributed by atoms with Gasteiger partial charge in [-0.3, -0.25) is 14.3 Å². The van der Waals surface area contributed by atoms with Crippen LogP contribution in [0, 0.1) is 6.92 Å². The zero-order valence-corrected chi connectivity index (χ0v) is 18.3. The summed E-state index contributed by atoms with van der Waals surface area (Å²) >= 11 is 6.05. The predicted molar refractivity (Wildman–Crippen MR) is 118 cm³/mol. The molecule has 0 aliphatic rings. The highest BCUT2D eigenvalue weighted by molar-refractivity contribution is 7.92. The van der Waals surface area contributed by atoms with Gasteiger partial charge in [-0.15, -0.1) is 0 Å². The van der Waals surface area contributed by atoms with Crippen LogP contribution in [0.3, 0.4) is 0 Å². The molecule has 0 fully saturated rings. The van der Waals surface area contributed by atoms with Crippen LogP contribution in [0.4, 0.5) is 11.4 Å². The van der Waals surface area contributed by atoms with Crippen LogP contribution < -0.4 is 15.4 Å².